The van der Waals surface area contributed by atoms with Crippen LogP contribution in [-0.4, -0.2) is 18.3 Å². The Morgan fingerprint density at radius 2 is 2.12 bits per heavy atom. The first-order valence-electron chi connectivity index (χ1n) is 4.79. The molecular formula is C11H12FN2OP. The molecule has 0 saturated carbocycles. The van der Waals surface area contributed by atoms with Crippen LogP contribution in [-0.2, 0) is 4.57 Å². The molecule has 16 heavy (non-hydrogen) atoms. The molecule has 0 amide bonds. The Kier molecular flexibility index (Phi) is 2.47. The van der Waals surface area contributed by atoms with Crippen LogP contribution in [0.2, 0.25) is 0 Å². The Hall–Kier alpha value is -1.41. The first-order valence-corrected chi connectivity index (χ1v) is 7.39. The van der Waals surface area contributed by atoms with Crippen LogP contribution < -0.4 is 11.0 Å². The number of fused-ring (bicyclic) bond motifs is 1. The third kappa shape index (κ3) is 1.69. The SMILES string of the molecule is CP(C)(=O)c1c(N)cc(F)c2ncccc12. The fourth-order valence-electron chi connectivity index (χ4n) is 1.82. The zero-order valence-electron chi connectivity index (χ0n) is 9.07. The van der Waals surface area contributed by atoms with Crippen LogP contribution in [0.15, 0.2) is 24.4 Å². The predicted molar refractivity (Wildman–Crippen MR) is 65.2 cm³/mol. The summed E-state index contributed by atoms with van der Waals surface area (Å²) < 4.78 is 25.7. The minimum atomic E-state index is -2.55. The number of aromatic nitrogens is 1. The number of hydrogen-bond acceptors (Lipinski definition) is 3. The van der Waals surface area contributed by atoms with E-state index in [4.69, 9.17) is 5.73 Å². The highest BCUT2D eigenvalue weighted by Gasteiger charge is 2.20. The largest absolute Gasteiger partial charge is 0.398 e. The van der Waals surface area contributed by atoms with Crippen molar-refractivity contribution in [3.8, 4) is 0 Å². The maximum absolute atomic E-state index is 13.6. The van der Waals surface area contributed by atoms with E-state index in [2.05, 4.69) is 4.98 Å². The predicted octanol–water partition coefficient (Wildman–Crippen LogP) is 2.20. The van der Waals surface area contributed by atoms with E-state index in [9.17, 15) is 8.96 Å². The van der Waals surface area contributed by atoms with Gasteiger partial charge >= 0.3 is 0 Å². The number of nitrogens with two attached hydrogens (primary N) is 1. The van der Waals surface area contributed by atoms with Gasteiger partial charge in [0.1, 0.15) is 12.7 Å². The monoisotopic (exact) mass is 238 g/mol. The average Bonchev–Trinajstić information content (AvgIpc) is 2.15. The fraction of sp³-hybridized carbons (Fsp3) is 0.182. The van der Waals surface area contributed by atoms with Crippen LogP contribution in [0.3, 0.4) is 0 Å². The van der Waals surface area contributed by atoms with E-state index in [0.717, 1.165) is 0 Å². The number of nitrogens with zero attached hydrogens (tertiary/aromatic N) is 1. The summed E-state index contributed by atoms with van der Waals surface area (Å²) in [6, 6.07) is 4.56. The topological polar surface area (TPSA) is 56.0 Å². The van der Waals surface area contributed by atoms with Gasteiger partial charge in [0.05, 0.1) is 0 Å². The van der Waals surface area contributed by atoms with Crippen molar-refractivity contribution in [1.29, 1.82) is 0 Å². The van der Waals surface area contributed by atoms with Crippen molar-refractivity contribution in [2.24, 2.45) is 0 Å². The minimum Gasteiger partial charge on any atom is -0.398 e. The Morgan fingerprint density at radius 1 is 1.44 bits per heavy atom. The molecule has 0 aliphatic rings. The quantitative estimate of drug-likeness (QED) is 0.612. The van der Waals surface area contributed by atoms with Gasteiger partial charge in [-0.2, -0.15) is 0 Å². The van der Waals surface area contributed by atoms with E-state index in [-0.39, 0.29) is 11.2 Å². The van der Waals surface area contributed by atoms with E-state index < -0.39 is 13.0 Å². The Morgan fingerprint density at radius 3 is 2.75 bits per heavy atom. The molecular weight excluding hydrogens is 226 g/mol. The number of anilines is 1. The van der Waals surface area contributed by atoms with Gasteiger partial charge < -0.3 is 10.3 Å². The molecule has 84 valence electrons. The number of nitrogen functional groups attached to an aromatic ring is 1. The van der Waals surface area contributed by atoms with E-state index in [1.165, 1.54) is 12.3 Å². The summed E-state index contributed by atoms with van der Waals surface area (Å²) in [6.45, 7) is 3.23. The van der Waals surface area contributed by atoms with Crippen LogP contribution in [0.5, 0.6) is 0 Å². The second-order valence-electron chi connectivity index (χ2n) is 4.05. The van der Waals surface area contributed by atoms with Gasteiger partial charge in [0.25, 0.3) is 0 Å². The zero-order chi connectivity index (χ0) is 11.9. The second kappa shape index (κ2) is 3.56. The normalized spacial score (nSPS) is 11.9. The van der Waals surface area contributed by atoms with Crippen molar-refractivity contribution < 1.29 is 8.96 Å². The van der Waals surface area contributed by atoms with Crippen molar-refractivity contribution in [2.45, 2.75) is 0 Å². The third-order valence-corrected chi connectivity index (χ3v) is 3.96. The molecule has 2 rings (SSSR count). The van der Waals surface area contributed by atoms with E-state index in [1.807, 2.05) is 0 Å². The van der Waals surface area contributed by atoms with Crippen LogP contribution in [0.25, 0.3) is 10.9 Å². The van der Waals surface area contributed by atoms with Gasteiger partial charge in [-0.3, -0.25) is 4.98 Å². The number of rotatable bonds is 1. The van der Waals surface area contributed by atoms with Gasteiger partial charge in [-0.15, -0.1) is 0 Å². The Bertz CT molecular complexity index is 606. The molecule has 0 aliphatic heterocycles. The van der Waals surface area contributed by atoms with Gasteiger partial charge in [-0.25, -0.2) is 4.39 Å². The van der Waals surface area contributed by atoms with Gasteiger partial charge in [-0.1, -0.05) is 6.07 Å². The van der Waals surface area contributed by atoms with E-state index >= 15 is 0 Å². The van der Waals surface area contributed by atoms with Crippen LogP contribution in [0.4, 0.5) is 10.1 Å². The molecule has 1 heterocycles. The zero-order valence-corrected chi connectivity index (χ0v) is 9.96. The third-order valence-electron chi connectivity index (χ3n) is 2.38. The summed E-state index contributed by atoms with van der Waals surface area (Å²) in [5.41, 5.74) is 6.18. The van der Waals surface area contributed by atoms with Crippen LogP contribution in [0.1, 0.15) is 0 Å². The van der Waals surface area contributed by atoms with Crippen molar-refractivity contribution in [3.05, 3.63) is 30.2 Å². The molecule has 0 saturated heterocycles. The molecule has 0 unspecified atom stereocenters. The van der Waals surface area contributed by atoms with E-state index in [0.29, 0.717) is 10.7 Å². The number of halogens is 1. The molecule has 0 radical (unpaired) electrons. The molecule has 0 fully saturated rings. The summed E-state index contributed by atoms with van der Waals surface area (Å²) in [7, 11) is -2.55. The Balaban J connectivity index is 2.99. The highest BCUT2D eigenvalue weighted by molar-refractivity contribution is 7.71. The van der Waals surface area contributed by atoms with Gasteiger partial charge in [-0.05, 0) is 25.5 Å². The number of hydrogen-bond donors (Lipinski definition) is 1. The minimum absolute atomic E-state index is 0.218. The lowest BCUT2D eigenvalue weighted by Gasteiger charge is -2.13. The molecule has 0 bridgehead atoms. The molecule has 5 heteroatoms. The molecule has 2 N–H and O–H groups in total. The standard InChI is InChI=1S/C11H12FN2OP/c1-16(2,15)11-7-4-3-5-14-10(7)8(12)6-9(11)13/h3-6H,13H2,1-2H3. The maximum Gasteiger partial charge on any atom is 0.151 e. The summed E-state index contributed by atoms with van der Waals surface area (Å²) in [5.74, 6) is -0.481. The van der Waals surface area contributed by atoms with Gasteiger partial charge in [0.2, 0.25) is 0 Å². The fourth-order valence-corrected chi connectivity index (χ4v) is 3.26. The molecule has 3 nitrogen and oxygen atoms in total. The summed E-state index contributed by atoms with van der Waals surface area (Å²) in [4.78, 5) is 3.94. The highest BCUT2D eigenvalue weighted by atomic mass is 31.2. The second-order valence-corrected chi connectivity index (χ2v) is 7.20. The van der Waals surface area contributed by atoms with Crippen LogP contribution in [0, 0.1) is 5.82 Å². The van der Waals surface area contributed by atoms with Crippen molar-refractivity contribution >= 4 is 29.0 Å². The molecule has 0 spiro atoms. The number of pyridine rings is 1. The first kappa shape index (κ1) is 11.1. The molecule has 1 aromatic heterocycles. The molecule has 1 aromatic carbocycles. The molecule has 0 aliphatic carbocycles. The Labute approximate surface area is 92.9 Å². The lowest BCUT2D eigenvalue weighted by molar-refractivity contribution is 0.588. The lowest BCUT2D eigenvalue weighted by atomic mass is 10.2. The lowest BCUT2D eigenvalue weighted by Crippen LogP contribution is -2.12. The van der Waals surface area contributed by atoms with Crippen molar-refractivity contribution in [3.63, 3.8) is 0 Å². The first-order chi connectivity index (χ1) is 7.41. The summed E-state index contributed by atoms with van der Waals surface area (Å²) in [5, 5.41) is 1.05. The van der Waals surface area contributed by atoms with Crippen molar-refractivity contribution in [1.82, 2.24) is 4.98 Å². The number of benzene rings is 1. The van der Waals surface area contributed by atoms with Crippen molar-refractivity contribution in [2.75, 3.05) is 19.1 Å². The summed E-state index contributed by atoms with van der Waals surface area (Å²) in [6.07, 6.45) is 1.50. The average molecular weight is 238 g/mol. The van der Waals surface area contributed by atoms with E-state index in [1.54, 1.807) is 25.5 Å². The van der Waals surface area contributed by atoms with Gasteiger partial charge in [0.15, 0.2) is 5.82 Å². The summed E-state index contributed by atoms with van der Waals surface area (Å²) >= 11 is 0. The maximum atomic E-state index is 13.6. The van der Waals surface area contributed by atoms with Crippen LogP contribution >= 0.6 is 7.14 Å². The molecule has 0 atom stereocenters. The smallest absolute Gasteiger partial charge is 0.151 e. The highest BCUT2D eigenvalue weighted by Crippen LogP contribution is 2.40. The molecule has 2 aromatic rings. The van der Waals surface area contributed by atoms with Gasteiger partial charge in [0, 0.05) is 22.6 Å².